The summed E-state index contributed by atoms with van der Waals surface area (Å²) in [5.41, 5.74) is 0. The molecule has 2 rings (SSSR count). The Morgan fingerprint density at radius 2 is 2.25 bits per heavy atom. The number of rotatable bonds is 0. The second-order valence-corrected chi connectivity index (χ2v) is 4.10. The van der Waals surface area contributed by atoms with Gasteiger partial charge in [0.2, 0.25) is 0 Å². The van der Waals surface area contributed by atoms with Crippen molar-refractivity contribution in [2.45, 2.75) is 6.92 Å². The summed E-state index contributed by atoms with van der Waals surface area (Å²) in [4.78, 5) is 13.5. The van der Waals surface area contributed by atoms with Crippen molar-refractivity contribution in [1.82, 2.24) is 4.90 Å². The maximum Gasteiger partial charge on any atom is 0.310 e. The molecular formula is C9H15NO2. The van der Waals surface area contributed by atoms with Crippen molar-refractivity contribution >= 4 is 5.97 Å². The van der Waals surface area contributed by atoms with E-state index in [4.69, 9.17) is 4.74 Å². The monoisotopic (exact) mass is 169 g/mol. The van der Waals surface area contributed by atoms with Gasteiger partial charge in [0.25, 0.3) is 0 Å². The molecule has 2 fully saturated rings. The van der Waals surface area contributed by atoms with Gasteiger partial charge < -0.3 is 9.64 Å². The van der Waals surface area contributed by atoms with Gasteiger partial charge in [-0.1, -0.05) is 6.92 Å². The molecule has 0 spiro atoms. The fourth-order valence-electron chi connectivity index (χ4n) is 2.30. The van der Waals surface area contributed by atoms with Crippen molar-refractivity contribution in [3.8, 4) is 0 Å². The minimum absolute atomic E-state index is 0.0162. The van der Waals surface area contributed by atoms with Crippen LogP contribution in [-0.4, -0.2) is 37.6 Å². The predicted molar refractivity (Wildman–Crippen MR) is 44.6 cm³/mol. The van der Waals surface area contributed by atoms with Crippen molar-refractivity contribution in [1.29, 1.82) is 0 Å². The van der Waals surface area contributed by atoms with E-state index < -0.39 is 0 Å². The Labute approximate surface area is 72.7 Å². The van der Waals surface area contributed by atoms with Crippen LogP contribution in [0.25, 0.3) is 0 Å². The van der Waals surface area contributed by atoms with E-state index in [0.717, 1.165) is 13.1 Å². The van der Waals surface area contributed by atoms with Crippen LogP contribution in [-0.2, 0) is 9.53 Å². The van der Waals surface area contributed by atoms with Crippen LogP contribution in [0.1, 0.15) is 6.92 Å². The Morgan fingerprint density at radius 1 is 1.50 bits per heavy atom. The standard InChI is InChI=1S/C9H15NO2/c1-6-5-12-9(11)8-4-10(2)3-7(6)8/h6-8H,3-5H2,1-2H3. The summed E-state index contributed by atoms with van der Waals surface area (Å²) in [5.74, 6) is 1.25. The van der Waals surface area contributed by atoms with Gasteiger partial charge >= 0.3 is 5.97 Å². The number of nitrogens with zero attached hydrogens (tertiary/aromatic N) is 1. The second kappa shape index (κ2) is 2.73. The van der Waals surface area contributed by atoms with Gasteiger partial charge in [0.05, 0.1) is 12.5 Å². The molecule has 3 atom stereocenters. The van der Waals surface area contributed by atoms with E-state index in [0.29, 0.717) is 18.4 Å². The van der Waals surface area contributed by atoms with Crippen LogP contribution in [0.15, 0.2) is 0 Å². The van der Waals surface area contributed by atoms with Crippen LogP contribution in [0.2, 0.25) is 0 Å². The second-order valence-electron chi connectivity index (χ2n) is 4.10. The van der Waals surface area contributed by atoms with E-state index in [9.17, 15) is 4.79 Å². The van der Waals surface area contributed by atoms with Gasteiger partial charge in [0.15, 0.2) is 0 Å². The van der Waals surface area contributed by atoms with Crippen LogP contribution in [0.3, 0.4) is 0 Å². The maximum absolute atomic E-state index is 11.3. The average molecular weight is 169 g/mol. The molecule has 2 aliphatic heterocycles. The molecule has 3 nitrogen and oxygen atoms in total. The number of hydrogen-bond donors (Lipinski definition) is 0. The Kier molecular flexibility index (Phi) is 1.83. The summed E-state index contributed by atoms with van der Waals surface area (Å²) in [6.45, 7) is 4.73. The zero-order valence-electron chi connectivity index (χ0n) is 7.62. The number of fused-ring (bicyclic) bond motifs is 1. The van der Waals surface area contributed by atoms with Crippen molar-refractivity contribution in [3.05, 3.63) is 0 Å². The summed E-state index contributed by atoms with van der Waals surface area (Å²) in [6.07, 6.45) is 0. The van der Waals surface area contributed by atoms with E-state index in [1.54, 1.807) is 0 Å². The molecule has 3 unspecified atom stereocenters. The quantitative estimate of drug-likeness (QED) is 0.490. The summed E-state index contributed by atoms with van der Waals surface area (Å²) in [7, 11) is 2.07. The lowest BCUT2D eigenvalue weighted by atomic mass is 9.84. The molecule has 68 valence electrons. The normalized spacial score (nSPS) is 42.5. The molecule has 2 saturated heterocycles. The topological polar surface area (TPSA) is 29.5 Å². The largest absolute Gasteiger partial charge is 0.465 e. The van der Waals surface area contributed by atoms with Crippen LogP contribution < -0.4 is 0 Å². The fourth-order valence-corrected chi connectivity index (χ4v) is 2.30. The molecule has 0 saturated carbocycles. The number of carbonyl (C=O) groups is 1. The van der Waals surface area contributed by atoms with Gasteiger partial charge in [-0.15, -0.1) is 0 Å². The summed E-state index contributed by atoms with van der Waals surface area (Å²) < 4.78 is 5.09. The SMILES string of the molecule is CC1COC(=O)C2CN(C)CC12. The van der Waals surface area contributed by atoms with E-state index in [1.165, 1.54) is 0 Å². The highest BCUT2D eigenvalue weighted by Crippen LogP contribution is 2.33. The zero-order valence-corrected chi connectivity index (χ0v) is 7.62. The Morgan fingerprint density at radius 3 is 2.92 bits per heavy atom. The molecule has 3 heteroatoms. The minimum Gasteiger partial charge on any atom is -0.465 e. The number of esters is 1. The minimum atomic E-state index is 0.0162. The van der Waals surface area contributed by atoms with Gasteiger partial charge in [-0.2, -0.15) is 0 Å². The smallest absolute Gasteiger partial charge is 0.310 e. The summed E-state index contributed by atoms with van der Waals surface area (Å²) in [6, 6.07) is 0. The van der Waals surface area contributed by atoms with Crippen molar-refractivity contribution in [3.63, 3.8) is 0 Å². The van der Waals surface area contributed by atoms with Gasteiger partial charge in [0.1, 0.15) is 0 Å². The third-order valence-corrected chi connectivity index (χ3v) is 3.07. The van der Waals surface area contributed by atoms with Crippen molar-refractivity contribution in [2.24, 2.45) is 17.8 Å². The molecule has 0 aromatic carbocycles. The van der Waals surface area contributed by atoms with Crippen LogP contribution in [0, 0.1) is 17.8 Å². The summed E-state index contributed by atoms with van der Waals surface area (Å²) >= 11 is 0. The van der Waals surface area contributed by atoms with Gasteiger partial charge in [-0.3, -0.25) is 4.79 Å². The Bertz CT molecular complexity index is 205. The first-order valence-electron chi connectivity index (χ1n) is 4.53. The van der Waals surface area contributed by atoms with Crippen LogP contribution in [0.4, 0.5) is 0 Å². The first-order valence-corrected chi connectivity index (χ1v) is 4.53. The van der Waals surface area contributed by atoms with Crippen LogP contribution >= 0.6 is 0 Å². The lowest BCUT2D eigenvalue weighted by Crippen LogP contribution is -2.37. The predicted octanol–water partition coefficient (Wildman–Crippen LogP) is 0.357. The first kappa shape index (κ1) is 8.05. The number of hydrogen-bond acceptors (Lipinski definition) is 3. The number of carbonyl (C=O) groups excluding carboxylic acids is 1. The van der Waals surface area contributed by atoms with E-state index in [2.05, 4.69) is 18.9 Å². The van der Waals surface area contributed by atoms with E-state index in [-0.39, 0.29) is 11.9 Å². The summed E-state index contributed by atoms with van der Waals surface area (Å²) in [5, 5.41) is 0. The average Bonchev–Trinajstić information content (AvgIpc) is 2.41. The molecule has 0 amide bonds. The molecule has 0 bridgehead atoms. The third kappa shape index (κ3) is 1.12. The molecule has 0 aliphatic carbocycles. The van der Waals surface area contributed by atoms with E-state index in [1.807, 2.05) is 0 Å². The Hall–Kier alpha value is -0.570. The molecule has 0 radical (unpaired) electrons. The molecular weight excluding hydrogens is 154 g/mol. The highest BCUT2D eigenvalue weighted by molar-refractivity contribution is 5.74. The highest BCUT2D eigenvalue weighted by atomic mass is 16.5. The Balaban J connectivity index is 2.14. The lowest BCUT2D eigenvalue weighted by Gasteiger charge is -2.29. The van der Waals surface area contributed by atoms with Gasteiger partial charge in [0, 0.05) is 13.1 Å². The van der Waals surface area contributed by atoms with E-state index >= 15 is 0 Å². The molecule has 12 heavy (non-hydrogen) atoms. The zero-order chi connectivity index (χ0) is 8.72. The molecule has 0 N–H and O–H groups in total. The van der Waals surface area contributed by atoms with Crippen molar-refractivity contribution in [2.75, 3.05) is 26.7 Å². The molecule has 2 heterocycles. The molecule has 0 aromatic heterocycles. The van der Waals surface area contributed by atoms with Crippen LogP contribution in [0.5, 0.6) is 0 Å². The molecule has 0 aromatic rings. The third-order valence-electron chi connectivity index (χ3n) is 3.07. The highest BCUT2D eigenvalue weighted by Gasteiger charge is 2.43. The van der Waals surface area contributed by atoms with Gasteiger partial charge in [-0.25, -0.2) is 0 Å². The first-order chi connectivity index (χ1) is 5.68. The lowest BCUT2D eigenvalue weighted by molar-refractivity contribution is -0.158. The fraction of sp³-hybridized carbons (Fsp3) is 0.889. The van der Waals surface area contributed by atoms with Gasteiger partial charge in [-0.05, 0) is 18.9 Å². The maximum atomic E-state index is 11.3. The number of cyclic esters (lactones) is 1. The number of ether oxygens (including phenoxy) is 1. The molecule has 2 aliphatic rings. The van der Waals surface area contributed by atoms with Crippen molar-refractivity contribution < 1.29 is 9.53 Å². The number of likely N-dealkylation sites (tertiary alicyclic amines) is 1.